The van der Waals surface area contributed by atoms with Crippen LogP contribution in [0.25, 0.3) is 22.4 Å². The van der Waals surface area contributed by atoms with E-state index < -0.39 is 5.41 Å². The Labute approximate surface area is 212 Å². The molecule has 5 rings (SSSR count). The predicted molar refractivity (Wildman–Crippen MR) is 140 cm³/mol. The molecule has 3 N–H and O–H groups in total. The maximum atomic E-state index is 13.0. The number of aryl methyl sites for hydroxylation is 1. The number of hydrogen-bond donors (Lipinski definition) is 3. The minimum absolute atomic E-state index is 0.321. The summed E-state index contributed by atoms with van der Waals surface area (Å²) in [5.41, 5.74) is 3.98. The fraction of sp³-hybridized carbons (Fsp3) is 0.148. The molecule has 4 aromatic heterocycles. The van der Waals surface area contributed by atoms with E-state index in [2.05, 4.69) is 46.6 Å². The number of amides is 1. The molecule has 0 atom stereocenters. The first-order valence-corrected chi connectivity index (χ1v) is 11.5. The van der Waals surface area contributed by atoms with E-state index >= 15 is 0 Å². The van der Waals surface area contributed by atoms with Gasteiger partial charge in [-0.25, -0.2) is 24.9 Å². The molecule has 0 bridgehead atoms. The first-order valence-electron chi connectivity index (χ1n) is 11.5. The molecule has 4 heterocycles. The lowest BCUT2D eigenvalue weighted by Gasteiger charge is -2.16. The second kappa shape index (κ2) is 9.47. The van der Waals surface area contributed by atoms with Crippen molar-refractivity contribution < 1.29 is 4.79 Å². The molecule has 0 saturated heterocycles. The smallest absolute Gasteiger partial charge is 0.256 e. The fourth-order valence-corrected chi connectivity index (χ4v) is 3.80. The summed E-state index contributed by atoms with van der Waals surface area (Å²) in [7, 11) is 0. The van der Waals surface area contributed by atoms with Crippen molar-refractivity contribution in [2.24, 2.45) is 0 Å². The summed E-state index contributed by atoms with van der Waals surface area (Å²) in [6.07, 6.45) is 4.71. The first-order chi connectivity index (χ1) is 17.9. The van der Waals surface area contributed by atoms with Crippen LogP contribution < -0.4 is 10.6 Å². The van der Waals surface area contributed by atoms with E-state index in [9.17, 15) is 10.1 Å². The van der Waals surface area contributed by atoms with Crippen LogP contribution in [-0.4, -0.2) is 35.8 Å². The lowest BCUT2D eigenvalue weighted by Crippen LogP contribution is -2.17. The third-order valence-electron chi connectivity index (χ3n) is 5.98. The summed E-state index contributed by atoms with van der Waals surface area (Å²) < 4.78 is 0. The van der Waals surface area contributed by atoms with Crippen LogP contribution in [-0.2, 0) is 5.41 Å². The Morgan fingerprint density at radius 1 is 1.03 bits per heavy atom. The van der Waals surface area contributed by atoms with Crippen molar-refractivity contribution in [1.82, 2.24) is 29.9 Å². The van der Waals surface area contributed by atoms with Gasteiger partial charge >= 0.3 is 0 Å². The van der Waals surface area contributed by atoms with Crippen LogP contribution in [0.1, 0.15) is 35.3 Å². The number of aromatic nitrogens is 6. The van der Waals surface area contributed by atoms with Crippen molar-refractivity contribution in [1.29, 1.82) is 5.26 Å². The van der Waals surface area contributed by atoms with E-state index in [-0.39, 0.29) is 5.91 Å². The Bertz CT molecular complexity index is 1670. The number of carbonyl (C=O) groups excluding carboxylic acids is 1. The molecule has 0 aliphatic rings. The minimum Gasteiger partial charge on any atom is -0.329 e. The van der Waals surface area contributed by atoms with Crippen LogP contribution in [0, 0.1) is 18.3 Å². The zero-order valence-electron chi connectivity index (χ0n) is 20.4. The Hall–Kier alpha value is -5.17. The maximum Gasteiger partial charge on any atom is 0.256 e. The minimum atomic E-state index is -0.707. The molecule has 5 aromatic rings. The molecule has 0 aliphatic heterocycles. The van der Waals surface area contributed by atoms with Gasteiger partial charge in [0.1, 0.15) is 35.0 Å². The molecule has 0 radical (unpaired) electrons. The number of nitrogens with zero attached hydrogens (tertiary/aromatic N) is 6. The van der Waals surface area contributed by atoms with Crippen LogP contribution >= 0.6 is 0 Å². The van der Waals surface area contributed by atoms with Crippen LogP contribution in [0.2, 0.25) is 0 Å². The normalized spacial score (nSPS) is 11.2. The van der Waals surface area contributed by atoms with E-state index in [1.54, 1.807) is 36.8 Å². The van der Waals surface area contributed by atoms with Gasteiger partial charge in [-0.1, -0.05) is 18.2 Å². The standard InChI is InChI=1S/C27H23N9O/c1-16-9-10-20(35-26(37)17-6-4-7-18(12-17)27(2,3)13-28)34-23(16)36-24-19(8-5-11-29-24)21-22-25(32-14-30-21)33-15-31-22/h4-12,14-15H,1-3H3,(H,30,31,32,33)(H2,29,34,35,36,37). The van der Waals surface area contributed by atoms with Crippen molar-refractivity contribution in [3.63, 3.8) is 0 Å². The third-order valence-corrected chi connectivity index (χ3v) is 5.98. The highest BCUT2D eigenvalue weighted by Crippen LogP contribution is 2.31. The Morgan fingerprint density at radius 3 is 2.73 bits per heavy atom. The number of anilines is 3. The lowest BCUT2D eigenvalue weighted by atomic mass is 9.85. The largest absolute Gasteiger partial charge is 0.329 e. The van der Waals surface area contributed by atoms with Crippen LogP contribution in [0.5, 0.6) is 0 Å². The molecule has 0 aliphatic carbocycles. The number of carbonyl (C=O) groups is 1. The van der Waals surface area contributed by atoms with Gasteiger partial charge in [0.2, 0.25) is 0 Å². The number of rotatable bonds is 6. The monoisotopic (exact) mass is 489 g/mol. The van der Waals surface area contributed by atoms with Crippen molar-refractivity contribution >= 4 is 34.5 Å². The summed E-state index contributed by atoms with van der Waals surface area (Å²) >= 11 is 0. The molecule has 10 nitrogen and oxygen atoms in total. The Balaban J connectivity index is 1.43. The predicted octanol–water partition coefficient (Wildman–Crippen LogP) is 4.92. The number of hydrogen-bond acceptors (Lipinski definition) is 8. The lowest BCUT2D eigenvalue weighted by molar-refractivity contribution is 0.102. The third kappa shape index (κ3) is 4.70. The second-order valence-corrected chi connectivity index (χ2v) is 8.98. The van der Waals surface area contributed by atoms with Crippen LogP contribution in [0.4, 0.5) is 17.5 Å². The van der Waals surface area contributed by atoms with E-state index in [1.165, 1.54) is 6.33 Å². The van der Waals surface area contributed by atoms with E-state index in [4.69, 9.17) is 0 Å². The Kier molecular flexibility index (Phi) is 6.03. The van der Waals surface area contributed by atoms with Crippen molar-refractivity contribution in [2.75, 3.05) is 10.6 Å². The number of H-pyrrole nitrogens is 1. The number of fused-ring (bicyclic) bond motifs is 1. The Morgan fingerprint density at radius 2 is 1.89 bits per heavy atom. The highest BCUT2D eigenvalue weighted by atomic mass is 16.1. The number of aromatic amines is 1. The van der Waals surface area contributed by atoms with Crippen molar-refractivity contribution in [3.8, 4) is 17.3 Å². The van der Waals surface area contributed by atoms with E-state index in [0.29, 0.717) is 39.9 Å². The summed E-state index contributed by atoms with van der Waals surface area (Å²) in [6, 6.07) is 16.6. The first kappa shape index (κ1) is 23.6. The molecule has 1 amide bonds. The highest BCUT2D eigenvalue weighted by molar-refractivity contribution is 6.04. The molecule has 0 spiro atoms. The highest BCUT2D eigenvalue weighted by Gasteiger charge is 2.21. The second-order valence-electron chi connectivity index (χ2n) is 8.98. The number of nitriles is 1. The van der Waals surface area contributed by atoms with E-state index in [0.717, 1.165) is 16.7 Å². The van der Waals surface area contributed by atoms with Gasteiger partial charge in [-0.15, -0.1) is 0 Å². The average molecular weight is 490 g/mol. The van der Waals surface area contributed by atoms with Crippen LogP contribution in [0.3, 0.4) is 0 Å². The molecule has 0 fully saturated rings. The van der Waals surface area contributed by atoms with Gasteiger partial charge in [0.05, 0.1) is 17.8 Å². The average Bonchev–Trinajstić information content (AvgIpc) is 3.40. The number of pyridine rings is 2. The summed E-state index contributed by atoms with van der Waals surface area (Å²) in [6.45, 7) is 5.54. The van der Waals surface area contributed by atoms with Gasteiger partial charge in [-0.05, 0) is 62.2 Å². The molecule has 0 saturated carbocycles. The zero-order valence-corrected chi connectivity index (χ0v) is 20.4. The quantitative estimate of drug-likeness (QED) is 0.305. The molecular formula is C27H23N9O. The topological polar surface area (TPSA) is 145 Å². The SMILES string of the molecule is Cc1ccc(NC(=O)c2cccc(C(C)(C)C#N)c2)nc1Nc1ncccc1-c1ncnc2[nH]cnc12. The summed E-state index contributed by atoms with van der Waals surface area (Å²) in [5, 5.41) is 15.6. The maximum absolute atomic E-state index is 13.0. The van der Waals surface area contributed by atoms with Gasteiger partial charge in [0, 0.05) is 17.3 Å². The van der Waals surface area contributed by atoms with Crippen molar-refractivity contribution in [2.45, 2.75) is 26.2 Å². The number of imidazole rings is 1. The number of nitrogens with one attached hydrogen (secondary N) is 3. The van der Waals surface area contributed by atoms with E-state index in [1.807, 2.05) is 45.0 Å². The molecule has 1 aromatic carbocycles. The van der Waals surface area contributed by atoms with Gasteiger partial charge < -0.3 is 15.6 Å². The molecular weight excluding hydrogens is 466 g/mol. The zero-order chi connectivity index (χ0) is 26.0. The summed E-state index contributed by atoms with van der Waals surface area (Å²) in [5.74, 6) is 1.12. The van der Waals surface area contributed by atoms with Gasteiger partial charge in [-0.3, -0.25) is 4.79 Å². The molecule has 37 heavy (non-hydrogen) atoms. The fourth-order valence-electron chi connectivity index (χ4n) is 3.80. The van der Waals surface area contributed by atoms with Crippen LogP contribution in [0.15, 0.2) is 67.4 Å². The summed E-state index contributed by atoms with van der Waals surface area (Å²) in [4.78, 5) is 38.1. The molecule has 182 valence electrons. The van der Waals surface area contributed by atoms with Crippen molar-refractivity contribution in [3.05, 3.63) is 84.1 Å². The number of benzene rings is 1. The van der Waals surface area contributed by atoms with Gasteiger partial charge in [0.15, 0.2) is 5.65 Å². The molecule has 0 unspecified atom stereocenters. The van der Waals surface area contributed by atoms with Gasteiger partial charge in [0.25, 0.3) is 5.91 Å². The molecule has 10 heteroatoms. The van der Waals surface area contributed by atoms with Gasteiger partial charge in [-0.2, -0.15) is 5.26 Å².